The second-order valence-electron chi connectivity index (χ2n) is 4.71. The van der Waals surface area contributed by atoms with Crippen molar-refractivity contribution in [3.8, 4) is 0 Å². The van der Waals surface area contributed by atoms with Crippen molar-refractivity contribution in [2.45, 2.75) is 26.7 Å². The zero-order chi connectivity index (χ0) is 15.3. The smallest absolute Gasteiger partial charge is 0.303 e. The molecule has 7 nitrogen and oxygen atoms in total. The molecule has 1 amide bonds. The van der Waals surface area contributed by atoms with Crippen molar-refractivity contribution in [3.05, 3.63) is 33.9 Å². The highest BCUT2D eigenvalue weighted by Crippen LogP contribution is 2.22. The van der Waals surface area contributed by atoms with Crippen LogP contribution in [0.15, 0.2) is 18.2 Å². The van der Waals surface area contributed by atoms with Crippen LogP contribution in [-0.2, 0) is 9.59 Å². The van der Waals surface area contributed by atoms with Crippen LogP contribution >= 0.6 is 0 Å². The second-order valence-corrected chi connectivity index (χ2v) is 4.71. The van der Waals surface area contributed by atoms with Crippen LogP contribution in [0.3, 0.4) is 0 Å². The largest absolute Gasteiger partial charge is 0.481 e. The van der Waals surface area contributed by atoms with Crippen molar-refractivity contribution in [2.75, 3.05) is 5.32 Å². The number of carboxylic acid groups (broad SMARTS) is 1. The zero-order valence-electron chi connectivity index (χ0n) is 11.3. The summed E-state index contributed by atoms with van der Waals surface area (Å²) in [6.45, 7) is 3.26. The van der Waals surface area contributed by atoms with E-state index in [0.29, 0.717) is 11.3 Å². The molecule has 0 radical (unpaired) electrons. The van der Waals surface area contributed by atoms with E-state index >= 15 is 0 Å². The Labute approximate surface area is 115 Å². The highest BCUT2D eigenvalue weighted by Gasteiger charge is 2.14. The van der Waals surface area contributed by atoms with E-state index in [-0.39, 0.29) is 30.4 Å². The third kappa shape index (κ3) is 4.68. The summed E-state index contributed by atoms with van der Waals surface area (Å²) in [5.74, 6) is -1.53. The van der Waals surface area contributed by atoms with Gasteiger partial charge in [-0.25, -0.2) is 0 Å². The fraction of sp³-hybridized carbons (Fsp3) is 0.385. The highest BCUT2D eigenvalue weighted by atomic mass is 16.6. The molecule has 1 aromatic carbocycles. The van der Waals surface area contributed by atoms with Gasteiger partial charge >= 0.3 is 5.97 Å². The summed E-state index contributed by atoms with van der Waals surface area (Å²) in [6.07, 6.45) is 0.00897. The number of aryl methyl sites for hydroxylation is 1. The number of nitrogens with zero attached hydrogens (tertiary/aromatic N) is 1. The molecular formula is C13H16N2O5. The van der Waals surface area contributed by atoms with Gasteiger partial charge in [0.05, 0.1) is 4.92 Å². The van der Waals surface area contributed by atoms with Crippen LogP contribution in [0.5, 0.6) is 0 Å². The molecule has 0 aliphatic heterocycles. The fourth-order valence-corrected chi connectivity index (χ4v) is 1.84. The van der Waals surface area contributed by atoms with Crippen molar-refractivity contribution in [1.82, 2.24) is 0 Å². The Morgan fingerprint density at radius 2 is 2.05 bits per heavy atom. The van der Waals surface area contributed by atoms with Crippen LogP contribution in [0.1, 0.15) is 25.3 Å². The van der Waals surface area contributed by atoms with E-state index in [2.05, 4.69) is 5.32 Å². The van der Waals surface area contributed by atoms with E-state index in [1.165, 1.54) is 18.2 Å². The Bertz CT molecular complexity index is 542. The first-order valence-corrected chi connectivity index (χ1v) is 6.06. The molecule has 1 rings (SSSR count). The summed E-state index contributed by atoms with van der Waals surface area (Å²) in [5, 5.41) is 21.9. The molecule has 1 unspecified atom stereocenters. The van der Waals surface area contributed by atoms with Gasteiger partial charge in [-0.2, -0.15) is 0 Å². The number of carboxylic acids is 1. The molecule has 0 aliphatic carbocycles. The summed E-state index contributed by atoms with van der Waals surface area (Å²) >= 11 is 0. The lowest BCUT2D eigenvalue weighted by molar-refractivity contribution is -0.385. The van der Waals surface area contributed by atoms with Gasteiger partial charge in [0.25, 0.3) is 5.69 Å². The van der Waals surface area contributed by atoms with Crippen LogP contribution < -0.4 is 5.32 Å². The zero-order valence-corrected chi connectivity index (χ0v) is 11.3. The number of benzene rings is 1. The Morgan fingerprint density at radius 3 is 2.55 bits per heavy atom. The second kappa shape index (κ2) is 6.65. The summed E-state index contributed by atoms with van der Waals surface area (Å²) in [5.41, 5.74) is 0.897. The summed E-state index contributed by atoms with van der Waals surface area (Å²) in [6, 6.07) is 4.29. The van der Waals surface area contributed by atoms with E-state index in [9.17, 15) is 19.7 Å². The number of hydrogen-bond donors (Lipinski definition) is 2. The van der Waals surface area contributed by atoms with Crippen LogP contribution in [0.25, 0.3) is 0 Å². The van der Waals surface area contributed by atoms with E-state index in [1.54, 1.807) is 13.8 Å². The number of anilines is 1. The number of amides is 1. The normalized spacial score (nSPS) is 11.7. The molecule has 0 bridgehead atoms. The lowest BCUT2D eigenvalue weighted by Crippen LogP contribution is -2.17. The van der Waals surface area contributed by atoms with Gasteiger partial charge in [-0.1, -0.05) is 6.92 Å². The Balaban J connectivity index is 2.65. The van der Waals surface area contributed by atoms with Crippen LogP contribution in [0.4, 0.5) is 11.4 Å². The van der Waals surface area contributed by atoms with Gasteiger partial charge < -0.3 is 10.4 Å². The Morgan fingerprint density at radius 1 is 1.40 bits per heavy atom. The fourth-order valence-electron chi connectivity index (χ4n) is 1.84. The maximum absolute atomic E-state index is 11.7. The average Bonchev–Trinajstić information content (AvgIpc) is 2.26. The topological polar surface area (TPSA) is 110 Å². The number of nitrogens with one attached hydrogen (secondary N) is 1. The van der Waals surface area contributed by atoms with E-state index < -0.39 is 10.9 Å². The third-order valence-electron chi connectivity index (χ3n) is 2.73. The molecule has 2 N–H and O–H groups in total. The maximum atomic E-state index is 11.7. The number of hydrogen-bond acceptors (Lipinski definition) is 4. The number of rotatable bonds is 6. The number of carbonyl (C=O) groups is 2. The van der Waals surface area contributed by atoms with Gasteiger partial charge in [-0.15, -0.1) is 0 Å². The minimum absolute atomic E-state index is 0.0118. The first-order chi connectivity index (χ1) is 9.29. The predicted molar refractivity (Wildman–Crippen MR) is 72.5 cm³/mol. The standard InChI is InChI=1S/C13H16N2O5/c1-8(6-13(17)18)5-12(16)14-10-3-4-11(15(19)20)9(2)7-10/h3-4,7-8H,5-6H2,1-2H3,(H,14,16)(H,17,18). The SMILES string of the molecule is Cc1cc(NC(=O)CC(C)CC(=O)O)ccc1[N+](=O)[O-]. The van der Waals surface area contributed by atoms with E-state index in [0.717, 1.165) is 0 Å². The van der Waals surface area contributed by atoms with E-state index in [4.69, 9.17) is 5.11 Å². The molecule has 108 valence electrons. The van der Waals surface area contributed by atoms with Crippen molar-refractivity contribution >= 4 is 23.3 Å². The minimum atomic E-state index is -0.948. The highest BCUT2D eigenvalue weighted by molar-refractivity contribution is 5.91. The Hall–Kier alpha value is -2.44. The van der Waals surface area contributed by atoms with Gasteiger partial charge in [0.1, 0.15) is 0 Å². The maximum Gasteiger partial charge on any atom is 0.303 e. The van der Waals surface area contributed by atoms with Gasteiger partial charge in [0.2, 0.25) is 5.91 Å². The lowest BCUT2D eigenvalue weighted by Gasteiger charge is -2.10. The van der Waals surface area contributed by atoms with E-state index in [1.807, 2.05) is 0 Å². The summed E-state index contributed by atoms with van der Waals surface area (Å²) in [7, 11) is 0. The third-order valence-corrected chi connectivity index (χ3v) is 2.73. The molecule has 0 fully saturated rings. The molecule has 1 aromatic rings. The quantitative estimate of drug-likeness (QED) is 0.614. The molecule has 0 heterocycles. The average molecular weight is 280 g/mol. The monoisotopic (exact) mass is 280 g/mol. The summed E-state index contributed by atoms with van der Waals surface area (Å²) < 4.78 is 0. The number of nitro benzene ring substituents is 1. The first kappa shape index (κ1) is 15.6. The number of carbonyl (C=O) groups excluding carboxylic acids is 1. The molecule has 0 aromatic heterocycles. The van der Waals surface area contributed by atoms with Crippen molar-refractivity contribution in [3.63, 3.8) is 0 Å². The lowest BCUT2D eigenvalue weighted by atomic mass is 10.0. The van der Waals surface area contributed by atoms with Crippen molar-refractivity contribution in [1.29, 1.82) is 0 Å². The van der Waals surface area contributed by atoms with Crippen molar-refractivity contribution < 1.29 is 19.6 Å². The molecule has 0 spiro atoms. The van der Waals surface area contributed by atoms with Crippen LogP contribution in [-0.4, -0.2) is 21.9 Å². The molecule has 20 heavy (non-hydrogen) atoms. The predicted octanol–water partition coefficient (Wildman–Crippen LogP) is 2.34. The van der Waals surface area contributed by atoms with Gasteiger partial charge in [-0.3, -0.25) is 19.7 Å². The van der Waals surface area contributed by atoms with Gasteiger partial charge in [0, 0.05) is 30.2 Å². The van der Waals surface area contributed by atoms with Gasteiger partial charge in [0.15, 0.2) is 0 Å². The van der Waals surface area contributed by atoms with Gasteiger partial charge in [-0.05, 0) is 25.0 Å². The first-order valence-electron chi connectivity index (χ1n) is 6.06. The van der Waals surface area contributed by atoms with Crippen LogP contribution in [0.2, 0.25) is 0 Å². The Kier molecular flexibility index (Phi) is 5.19. The van der Waals surface area contributed by atoms with Crippen molar-refractivity contribution in [2.24, 2.45) is 5.92 Å². The minimum Gasteiger partial charge on any atom is -0.481 e. The summed E-state index contributed by atoms with van der Waals surface area (Å²) in [4.78, 5) is 32.4. The molecule has 0 aliphatic rings. The molecule has 0 saturated carbocycles. The van der Waals surface area contributed by atoms with Crippen LogP contribution in [0, 0.1) is 23.0 Å². The molecule has 1 atom stereocenters. The number of nitro groups is 1. The molecular weight excluding hydrogens is 264 g/mol. The molecule has 0 saturated heterocycles. The number of aliphatic carboxylic acids is 1. The molecule has 7 heteroatoms.